The smallest absolute Gasteiger partial charge is 0.337 e. The van der Waals surface area contributed by atoms with E-state index in [0.29, 0.717) is 22.5 Å². The van der Waals surface area contributed by atoms with Crippen molar-refractivity contribution >= 4 is 60.6 Å². The second-order valence-electron chi connectivity index (χ2n) is 21.4. The molecular weight excluding hydrogens is 919 g/mol. The van der Waals surface area contributed by atoms with Crippen molar-refractivity contribution in [3.63, 3.8) is 0 Å². The second-order valence-corrected chi connectivity index (χ2v) is 22.3. The molecular formula is C54H52BrN9O4. The van der Waals surface area contributed by atoms with E-state index >= 15 is 0 Å². The van der Waals surface area contributed by atoms with Gasteiger partial charge in [-0.25, -0.2) is 9.59 Å². The maximum Gasteiger partial charge on any atom is 0.337 e. The Bertz CT molecular complexity index is 3540. The molecule has 9 aromatic rings. The number of H-pyrrole nitrogens is 6. The van der Waals surface area contributed by atoms with Gasteiger partial charge in [0.2, 0.25) is 0 Å². The Morgan fingerprint density at radius 3 is 1.31 bits per heavy atom. The maximum absolute atomic E-state index is 12.0. The van der Waals surface area contributed by atoms with E-state index in [0.717, 1.165) is 93.0 Å². The highest BCUT2D eigenvalue weighted by molar-refractivity contribution is 9.10. The summed E-state index contributed by atoms with van der Waals surface area (Å²) in [5.74, 6) is 1.10. The van der Waals surface area contributed by atoms with Crippen LogP contribution in [0.5, 0.6) is 0 Å². The Labute approximate surface area is 399 Å². The molecule has 0 saturated heterocycles. The van der Waals surface area contributed by atoms with Gasteiger partial charge in [-0.1, -0.05) is 36.7 Å². The van der Waals surface area contributed by atoms with Crippen LogP contribution < -0.4 is 0 Å². The van der Waals surface area contributed by atoms with Gasteiger partial charge in [-0.2, -0.15) is 15.3 Å². The van der Waals surface area contributed by atoms with E-state index < -0.39 is 5.97 Å². The molecule has 344 valence electrons. The fourth-order valence-corrected chi connectivity index (χ4v) is 14.7. The molecule has 0 radical (unpaired) electrons. The summed E-state index contributed by atoms with van der Waals surface area (Å²) in [6.45, 7) is 6.96. The molecule has 0 unspecified atom stereocenters. The van der Waals surface area contributed by atoms with Crippen molar-refractivity contribution in [1.29, 1.82) is 0 Å². The number of aromatic nitrogens is 9. The molecule has 6 aliphatic carbocycles. The summed E-state index contributed by atoms with van der Waals surface area (Å²) in [4.78, 5) is 34.0. The molecule has 0 amide bonds. The molecule has 13 nitrogen and oxygen atoms in total. The second kappa shape index (κ2) is 14.7. The van der Waals surface area contributed by atoms with Crippen LogP contribution in [-0.2, 0) is 40.2 Å². The van der Waals surface area contributed by atoms with Crippen LogP contribution in [0.2, 0.25) is 0 Å². The van der Waals surface area contributed by atoms with Crippen molar-refractivity contribution < 1.29 is 19.4 Å². The summed E-state index contributed by atoms with van der Waals surface area (Å²) in [6, 6.07) is 17.7. The number of ether oxygens (including phenoxy) is 1. The van der Waals surface area contributed by atoms with E-state index in [2.05, 4.69) is 100 Å². The van der Waals surface area contributed by atoms with Crippen molar-refractivity contribution in [1.82, 2.24) is 45.5 Å². The third-order valence-electron chi connectivity index (χ3n) is 16.5. The minimum atomic E-state index is -0.879. The Balaban J connectivity index is 0.000000101. The average molecular weight is 971 g/mol. The SMILES string of the molecule is CC1CC2(Cc3cn[nH]c3-c3[nH]c4ccc(Br)cc4c32)C1.CC1CC2(Cc3cn[nH]c3-c3[nH]c4ccc(C(=O)O)cc4c32)C1.COC(=O)c1ccc2[nH]c3c(c2c1)C1(Cc2cn[nH]c2-3)CC(C)C1. The Hall–Kier alpha value is -6.67. The van der Waals surface area contributed by atoms with E-state index in [9.17, 15) is 14.7 Å². The lowest BCUT2D eigenvalue weighted by atomic mass is 9.54. The minimum Gasteiger partial charge on any atom is -0.478 e. The Morgan fingerprint density at radius 1 is 0.559 bits per heavy atom. The highest BCUT2D eigenvalue weighted by atomic mass is 79.9. The number of fused-ring (bicyclic) bond motifs is 18. The third-order valence-corrected chi connectivity index (χ3v) is 17.0. The first-order valence-electron chi connectivity index (χ1n) is 23.9. The van der Waals surface area contributed by atoms with Crippen LogP contribution in [0.3, 0.4) is 0 Å². The number of methoxy groups -OCH3 is 1. The number of aromatic carboxylic acids is 1. The summed E-state index contributed by atoms with van der Waals surface area (Å²) in [6.07, 6.45) is 16.2. The molecule has 15 rings (SSSR count). The molecule has 3 saturated carbocycles. The van der Waals surface area contributed by atoms with E-state index in [1.807, 2.05) is 48.9 Å². The molecule has 6 aliphatic rings. The standard InChI is InChI=1S/C19H19N3O2.C18H17N3O2.C17H16BrN3/c1-10-6-19(7-10)8-12-9-20-22-16(12)17-15(19)13-5-11(18(23)24-2)3-4-14(13)21-17;1-9-5-18(6-9)7-11-8-19-21-15(11)16-14(18)12-4-10(17(22)23)2-3-13(12)20-16;1-9-5-17(6-9)7-10-8-19-21-15(10)16-14(17)12-4-11(18)2-3-13(12)20-16/h3-5,9-10,21H,6-8H2,1-2H3,(H,20,22);2-4,8-9,20H,5-7H2,1H3,(H,19,21)(H,22,23);2-4,8-9,20H,5-7H2,1H3,(H,19,21). The number of hydrogen-bond acceptors (Lipinski definition) is 6. The summed E-state index contributed by atoms with van der Waals surface area (Å²) >= 11 is 3.62. The van der Waals surface area contributed by atoms with Crippen LogP contribution in [0.1, 0.15) is 113 Å². The van der Waals surface area contributed by atoms with Gasteiger partial charge in [-0.3, -0.25) is 15.3 Å². The zero-order valence-electron chi connectivity index (χ0n) is 38.4. The van der Waals surface area contributed by atoms with Gasteiger partial charge in [0, 0.05) is 70.1 Å². The molecule has 14 heteroatoms. The van der Waals surface area contributed by atoms with Gasteiger partial charge in [0.15, 0.2) is 0 Å². The summed E-state index contributed by atoms with van der Waals surface area (Å²) in [5.41, 5.74) is 19.7. The number of carboxylic acid groups (broad SMARTS) is 1. The number of nitrogens with one attached hydrogen (secondary N) is 6. The van der Waals surface area contributed by atoms with Gasteiger partial charge in [0.25, 0.3) is 0 Å². The molecule has 0 atom stereocenters. The highest BCUT2D eigenvalue weighted by Crippen LogP contribution is 2.60. The number of carbonyl (C=O) groups excluding carboxylic acids is 1. The first kappa shape index (κ1) is 41.5. The average Bonchev–Trinajstić information content (AvgIpc) is 4.15. The number of benzene rings is 3. The van der Waals surface area contributed by atoms with Crippen LogP contribution in [0, 0.1) is 17.8 Å². The largest absolute Gasteiger partial charge is 0.478 e. The van der Waals surface area contributed by atoms with Gasteiger partial charge in [-0.05, 0) is 147 Å². The van der Waals surface area contributed by atoms with Gasteiger partial charge in [-0.15, -0.1) is 0 Å². The fraction of sp³-hybridized carbons (Fsp3) is 0.352. The zero-order chi connectivity index (χ0) is 46.4. The van der Waals surface area contributed by atoms with Crippen LogP contribution >= 0.6 is 15.9 Å². The van der Waals surface area contributed by atoms with Gasteiger partial charge >= 0.3 is 11.9 Å². The molecule has 6 aromatic heterocycles. The lowest BCUT2D eigenvalue weighted by Gasteiger charge is -2.49. The van der Waals surface area contributed by atoms with Gasteiger partial charge in [0.05, 0.1) is 71.0 Å². The predicted octanol–water partition coefficient (Wildman–Crippen LogP) is 11.6. The number of carboxylic acids is 1. The van der Waals surface area contributed by atoms with E-state index in [1.54, 1.807) is 6.07 Å². The minimum absolute atomic E-state index is 0.126. The summed E-state index contributed by atoms with van der Waals surface area (Å²) in [7, 11) is 1.42. The van der Waals surface area contributed by atoms with Gasteiger partial charge < -0.3 is 24.8 Å². The Morgan fingerprint density at radius 2 is 0.926 bits per heavy atom. The van der Waals surface area contributed by atoms with Crippen LogP contribution in [0.25, 0.3) is 66.9 Å². The molecule has 3 fully saturated rings. The van der Waals surface area contributed by atoms with E-state index in [-0.39, 0.29) is 16.8 Å². The number of hydrogen-bond donors (Lipinski definition) is 7. The maximum atomic E-state index is 12.0. The number of esters is 1. The molecule has 7 N–H and O–H groups in total. The predicted molar refractivity (Wildman–Crippen MR) is 265 cm³/mol. The molecule has 68 heavy (non-hydrogen) atoms. The molecule has 3 spiro atoms. The lowest BCUT2D eigenvalue weighted by Crippen LogP contribution is -2.43. The number of halogens is 1. The molecule has 0 aliphatic heterocycles. The monoisotopic (exact) mass is 969 g/mol. The molecule has 6 heterocycles. The summed E-state index contributed by atoms with van der Waals surface area (Å²) in [5, 5.41) is 35.1. The van der Waals surface area contributed by atoms with Crippen molar-refractivity contribution in [2.75, 3.05) is 7.11 Å². The highest BCUT2D eigenvalue weighted by Gasteiger charge is 2.52. The quantitative estimate of drug-likeness (QED) is 0.0837. The third kappa shape index (κ3) is 6.01. The number of nitrogens with zero attached hydrogens (tertiary/aromatic N) is 3. The Kier molecular flexibility index (Phi) is 8.95. The van der Waals surface area contributed by atoms with Crippen LogP contribution in [0.4, 0.5) is 0 Å². The van der Waals surface area contributed by atoms with Crippen molar-refractivity contribution in [2.45, 2.75) is 94.8 Å². The normalized spacial score (nSPS) is 25.4. The van der Waals surface area contributed by atoms with E-state index in [1.165, 1.54) is 88.5 Å². The topological polar surface area (TPSA) is 197 Å². The number of carbonyl (C=O) groups is 2. The van der Waals surface area contributed by atoms with Crippen molar-refractivity contribution in [2.24, 2.45) is 17.8 Å². The molecule has 3 aromatic carbocycles. The van der Waals surface area contributed by atoms with Crippen molar-refractivity contribution in [3.8, 4) is 34.2 Å². The lowest BCUT2D eigenvalue weighted by molar-refractivity contribution is 0.0600. The first-order valence-corrected chi connectivity index (χ1v) is 24.7. The fourth-order valence-electron chi connectivity index (χ4n) is 14.4. The van der Waals surface area contributed by atoms with Crippen LogP contribution in [-0.4, -0.2) is 69.7 Å². The van der Waals surface area contributed by atoms with E-state index in [4.69, 9.17) is 4.74 Å². The van der Waals surface area contributed by atoms with Gasteiger partial charge in [0.1, 0.15) is 0 Å². The molecule has 0 bridgehead atoms. The zero-order valence-corrected chi connectivity index (χ0v) is 40.0. The number of rotatable bonds is 2. The van der Waals surface area contributed by atoms with Crippen molar-refractivity contribution in [3.05, 3.63) is 122 Å². The summed E-state index contributed by atoms with van der Waals surface area (Å²) < 4.78 is 6.04. The first-order chi connectivity index (χ1) is 32.8. The van der Waals surface area contributed by atoms with Crippen LogP contribution in [0.15, 0.2) is 77.7 Å². The number of aromatic amines is 6.